The van der Waals surface area contributed by atoms with Crippen molar-refractivity contribution in [2.24, 2.45) is 5.92 Å². The molecule has 162 valence electrons. The fraction of sp³-hybridized carbons (Fsp3) is 0.435. The van der Waals surface area contributed by atoms with E-state index in [0.29, 0.717) is 50.6 Å². The number of fused-ring (bicyclic) bond motifs is 1. The summed E-state index contributed by atoms with van der Waals surface area (Å²) in [5.41, 5.74) is 0.989. The summed E-state index contributed by atoms with van der Waals surface area (Å²) in [6, 6.07) is 12.0. The van der Waals surface area contributed by atoms with Gasteiger partial charge in [-0.25, -0.2) is 4.98 Å². The number of aromatic nitrogens is 2. The van der Waals surface area contributed by atoms with Crippen LogP contribution < -0.4 is 5.56 Å². The zero-order valence-corrected chi connectivity index (χ0v) is 18.2. The monoisotopic (exact) mass is 438 g/mol. The number of nitrogens with zero attached hydrogens (tertiary/aromatic N) is 3. The summed E-state index contributed by atoms with van der Waals surface area (Å²) in [6.45, 7) is 4.78. The molecule has 1 unspecified atom stereocenters. The number of H-pyrrole nitrogens is 1. The first-order valence-corrected chi connectivity index (χ1v) is 11.7. The molecule has 1 amide bonds. The van der Waals surface area contributed by atoms with Gasteiger partial charge >= 0.3 is 0 Å². The van der Waals surface area contributed by atoms with E-state index in [4.69, 9.17) is 9.72 Å². The lowest BCUT2D eigenvalue weighted by atomic mass is 9.96. The molecule has 1 N–H and O–H groups in total. The minimum Gasteiger partial charge on any atom is -0.378 e. The number of nitrogens with one attached hydrogen (secondary N) is 1. The highest BCUT2D eigenvalue weighted by Crippen LogP contribution is 2.31. The average molecular weight is 439 g/mol. The highest BCUT2D eigenvalue weighted by molar-refractivity contribution is 7.21. The van der Waals surface area contributed by atoms with Crippen molar-refractivity contribution in [1.29, 1.82) is 0 Å². The van der Waals surface area contributed by atoms with Crippen LogP contribution in [0.5, 0.6) is 0 Å². The number of amides is 1. The molecule has 7 nitrogen and oxygen atoms in total. The van der Waals surface area contributed by atoms with Gasteiger partial charge in [0.05, 0.1) is 31.1 Å². The first-order chi connectivity index (χ1) is 15.2. The number of likely N-dealkylation sites (tertiary alicyclic amines) is 1. The number of rotatable bonds is 4. The predicted octanol–water partition coefficient (Wildman–Crippen LogP) is 2.72. The van der Waals surface area contributed by atoms with Crippen molar-refractivity contribution in [1.82, 2.24) is 19.8 Å². The molecule has 4 heterocycles. The van der Waals surface area contributed by atoms with Crippen LogP contribution in [0.2, 0.25) is 0 Å². The Morgan fingerprint density at radius 3 is 2.81 bits per heavy atom. The second-order valence-corrected chi connectivity index (χ2v) is 9.25. The fourth-order valence-electron chi connectivity index (χ4n) is 4.45. The molecule has 2 saturated heterocycles. The van der Waals surface area contributed by atoms with Gasteiger partial charge in [-0.3, -0.25) is 14.5 Å². The van der Waals surface area contributed by atoms with E-state index in [2.05, 4.69) is 9.88 Å². The third-order valence-corrected chi connectivity index (χ3v) is 7.14. The van der Waals surface area contributed by atoms with Crippen molar-refractivity contribution >= 4 is 27.5 Å². The van der Waals surface area contributed by atoms with Crippen LogP contribution in [0.4, 0.5) is 0 Å². The normalized spacial score (nSPS) is 20.3. The summed E-state index contributed by atoms with van der Waals surface area (Å²) in [7, 11) is 0. The minimum atomic E-state index is -0.101. The van der Waals surface area contributed by atoms with E-state index < -0.39 is 0 Å². The zero-order chi connectivity index (χ0) is 21.2. The van der Waals surface area contributed by atoms with Crippen LogP contribution in [0, 0.1) is 5.92 Å². The topological polar surface area (TPSA) is 78.5 Å². The Hall–Kier alpha value is -2.55. The summed E-state index contributed by atoms with van der Waals surface area (Å²) in [6.07, 6.45) is 1.89. The molecule has 8 heteroatoms. The second kappa shape index (κ2) is 8.90. The maximum Gasteiger partial charge on any atom is 0.259 e. The van der Waals surface area contributed by atoms with Gasteiger partial charge in [0, 0.05) is 24.5 Å². The highest BCUT2D eigenvalue weighted by atomic mass is 32.1. The molecule has 2 aliphatic heterocycles. The fourth-order valence-corrected chi connectivity index (χ4v) is 5.51. The van der Waals surface area contributed by atoms with Crippen LogP contribution in [0.1, 0.15) is 18.7 Å². The van der Waals surface area contributed by atoms with E-state index in [-0.39, 0.29) is 17.4 Å². The number of benzene rings is 1. The number of hydrogen-bond acceptors (Lipinski definition) is 6. The van der Waals surface area contributed by atoms with Gasteiger partial charge in [0.25, 0.3) is 5.56 Å². The molecule has 0 spiro atoms. The largest absolute Gasteiger partial charge is 0.378 e. The van der Waals surface area contributed by atoms with Gasteiger partial charge in [-0.2, -0.15) is 0 Å². The standard InChI is InChI=1S/C23H26N4O3S/c28-21-18-13-19(16-5-2-1-3-6-16)31-22(18)25-20(24-21)15-26-8-4-7-17(14-26)23(29)27-9-11-30-12-10-27/h1-3,5-6,13,17H,4,7-12,14-15H2,(H,24,25,28). The Morgan fingerprint density at radius 2 is 2.00 bits per heavy atom. The first-order valence-electron chi connectivity index (χ1n) is 10.8. The molecular formula is C23H26N4O3S. The van der Waals surface area contributed by atoms with Crippen molar-refractivity contribution in [3.63, 3.8) is 0 Å². The Labute approximate surface area is 184 Å². The van der Waals surface area contributed by atoms with Crippen LogP contribution in [-0.2, 0) is 16.1 Å². The molecule has 2 aromatic heterocycles. The lowest BCUT2D eigenvalue weighted by Crippen LogP contribution is -2.48. The molecule has 1 atom stereocenters. The molecule has 31 heavy (non-hydrogen) atoms. The average Bonchev–Trinajstić information content (AvgIpc) is 3.25. The molecule has 5 rings (SSSR count). The zero-order valence-electron chi connectivity index (χ0n) is 17.4. The lowest BCUT2D eigenvalue weighted by molar-refractivity contribution is -0.141. The number of hydrogen-bond donors (Lipinski definition) is 1. The van der Waals surface area contributed by atoms with Gasteiger partial charge in [-0.1, -0.05) is 30.3 Å². The van der Waals surface area contributed by atoms with Gasteiger partial charge in [0.1, 0.15) is 10.7 Å². The van der Waals surface area contributed by atoms with Crippen molar-refractivity contribution in [2.75, 3.05) is 39.4 Å². The minimum absolute atomic E-state index is 0.00808. The summed E-state index contributed by atoms with van der Waals surface area (Å²) < 4.78 is 5.37. The van der Waals surface area contributed by atoms with Crippen LogP contribution in [-0.4, -0.2) is 65.1 Å². The van der Waals surface area contributed by atoms with Gasteiger partial charge < -0.3 is 14.6 Å². The highest BCUT2D eigenvalue weighted by Gasteiger charge is 2.30. The third kappa shape index (κ3) is 4.42. The first kappa shape index (κ1) is 20.4. The molecule has 1 aromatic carbocycles. The Kier molecular flexibility index (Phi) is 5.85. The van der Waals surface area contributed by atoms with E-state index in [1.807, 2.05) is 41.3 Å². The maximum absolute atomic E-state index is 12.9. The quantitative estimate of drug-likeness (QED) is 0.678. The summed E-state index contributed by atoms with van der Waals surface area (Å²) in [5.74, 6) is 0.905. The third-order valence-electron chi connectivity index (χ3n) is 6.06. The molecule has 2 aliphatic rings. The lowest BCUT2D eigenvalue weighted by Gasteiger charge is -2.36. The molecule has 0 bridgehead atoms. The molecule has 2 fully saturated rings. The van der Waals surface area contributed by atoms with E-state index in [9.17, 15) is 9.59 Å². The number of aromatic amines is 1. The van der Waals surface area contributed by atoms with Crippen LogP contribution >= 0.6 is 11.3 Å². The number of carbonyl (C=O) groups is 1. The van der Waals surface area contributed by atoms with Crippen molar-refractivity contribution < 1.29 is 9.53 Å². The van der Waals surface area contributed by atoms with E-state index in [1.54, 1.807) is 11.3 Å². The predicted molar refractivity (Wildman–Crippen MR) is 121 cm³/mol. The molecule has 0 aliphatic carbocycles. The summed E-state index contributed by atoms with van der Waals surface area (Å²) in [5, 5.41) is 0.631. The molecule has 0 saturated carbocycles. The number of piperidine rings is 1. The number of thiophene rings is 1. The van der Waals surface area contributed by atoms with Gasteiger partial charge in [0.2, 0.25) is 5.91 Å². The second-order valence-electron chi connectivity index (χ2n) is 8.22. The van der Waals surface area contributed by atoms with Crippen LogP contribution in [0.3, 0.4) is 0 Å². The van der Waals surface area contributed by atoms with Crippen LogP contribution in [0.15, 0.2) is 41.2 Å². The Balaban J connectivity index is 1.31. The van der Waals surface area contributed by atoms with E-state index >= 15 is 0 Å². The van der Waals surface area contributed by atoms with E-state index in [1.165, 1.54) is 0 Å². The number of carbonyl (C=O) groups excluding carboxylic acids is 1. The van der Waals surface area contributed by atoms with Crippen molar-refractivity contribution in [3.8, 4) is 10.4 Å². The van der Waals surface area contributed by atoms with Crippen molar-refractivity contribution in [2.45, 2.75) is 19.4 Å². The van der Waals surface area contributed by atoms with Crippen molar-refractivity contribution in [3.05, 3.63) is 52.6 Å². The molecule has 0 radical (unpaired) electrons. The SMILES string of the molecule is O=C(C1CCCN(Cc2nc3sc(-c4ccccc4)cc3c(=O)[nH]2)C1)N1CCOCC1. The number of ether oxygens (including phenoxy) is 1. The smallest absolute Gasteiger partial charge is 0.259 e. The maximum atomic E-state index is 12.9. The van der Waals surface area contributed by atoms with Crippen LogP contribution in [0.25, 0.3) is 20.7 Å². The summed E-state index contributed by atoms with van der Waals surface area (Å²) >= 11 is 1.54. The van der Waals surface area contributed by atoms with Gasteiger partial charge in [-0.15, -0.1) is 11.3 Å². The van der Waals surface area contributed by atoms with E-state index in [0.717, 1.165) is 34.7 Å². The molecular weight excluding hydrogens is 412 g/mol. The Morgan fingerprint density at radius 1 is 1.19 bits per heavy atom. The molecule has 3 aromatic rings. The van der Waals surface area contributed by atoms with Gasteiger partial charge in [-0.05, 0) is 31.0 Å². The summed E-state index contributed by atoms with van der Waals surface area (Å²) in [4.78, 5) is 39.2. The van der Waals surface area contributed by atoms with Gasteiger partial charge in [0.15, 0.2) is 0 Å². The Bertz CT molecular complexity index is 1120. The number of morpholine rings is 1.